The van der Waals surface area contributed by atoms with Gasteiger partial charge in [0.2, 0.25) is 0 Å². The Kier molecular flexibility index (Phi) is 7.86. The minimum atomic E-state index is -0.0292. The summed E-state index contributed by atoms with van der Waals surface area (Å²) in [6.45, 7) is 6.26. The third-order valence-corrected chi connectivity index (χ3v) is 2.96. The molecule has 108 valence electrons. The van der Waals surface area contributed by atoms with Gasteiger partial charge in [-0.1, -0.05) is 6.92 Å². The van der Waals surface area contributed by atoms with E-state index >= 15 is 0 Å². The smallest absolute Gasteiger partial charge is 0.175 e. The molecule has 0 aliphatic heterocycles. The zero-order valence-electron chi connectivity index (χ0n) is 11.4. The van der Waals surface area contributed by atoms with Crippen molar-refractivity contribution in [2.75, 3.05) is 26.4 Å². The van der Waals surface area contributed by atoms with Crippen molar-refractivity contribution < 1.29 is 19.3 Å². The summed E-state index contributed by atoms with van der Waals surface area (Å²) in [7, 11) is 0. The van der Waals surface area contributed by atoms with Crippen molar-refractivity contribution in [1.82, 2.24) is 0 Å². The van der Waals surface area contributed by atoms with Gasteiger partial charge in [0.1, 0.15) is 6.61 Å². The van der Waals surface area contributed by atoms with Gasteiger partial charge in [-0.25, -0.2) is 0 Å². The average Bonchev–Trinajstić information content (AvgIpc) is 2.41. The highest BCUT2D eigenvalue weighted by Crippen LogP contribution is 2.36. The van der Waals surface area contributed by atoms with Crippen LogP contribution in [0.25, 0.3) is 0 Å². The molecule has 0 fully saturated rings. The first-order valence-electron chi connectivity index (χ1n) is 6.49. The van der Waals surface area contributed by atoms with E-state index in [1.54, 1.807) is 6.07 Å². The first kappa shape index (κ1) is 16.3. The molecule has 0 spiro atoms. The topological polar surface area (TPSA) is 47.9 Å². The molecule has 1 aromatic carbocycles. The second-order valence-electron chi connectivity index (χ2n) is 3.96. The highest BCUT2D eigenvalue weighted by Gasteiger charge is 2.11. The lowest BCUT2D eigenvalue weighted by Gasteiger charge is -2.15. The van der Waals surface area contributed by atoms with Gasteiger partial charge in [0.05, 0.1) is 24.3 Å². The third-order valence-electron chi connectivity index (χ3n) is 2.37. The first-order chi connectivity index (χ1) is 9.22. The van der Waals surface area contributed by atoms with Gasteiger partial charge in [0.25, 0.3) is 0 Å². The van der Waals surface area contributed by atoms with Gasteiger partial charge in [-0.15, -0.1) is 0 Å². The molecular formula is C14H21BrO4. The lowest BCUT2D eigenvalue weighted by molar-refractivity contribution is 0.0989. The molecule has 0 radical (unpaired) electrons. The minimum absolute atomic E-state index is 0.0292. The fourth-order valence-electron chi connectivity index (χ4n) is 1.56. The number of halogens is 1. The average molecular weight is 333 g/mol. The van der Waals surface area contributed by atoms with Crippen LogP contribution < -0.4 is 9.47 Å². The number of hydrogen-bond acceptors (Lipinski definition) is 4. The Morgan fingerprint density at radius 1 is 1.11 bits per heavy atom. The molecule has 1 rings (SSSR count). The lowest BCUT2D eigenvalue weighted by atomic mass is 10.2. The van der Waals surface area contributed by atoms with E-state index < -0.39 is 0 Å². The molecule has 19 heavy (non-hydrogen) atoms. The fraction of sp³-hybridized carbons (Fsp3) is 0.571. The summed E-state index contributed by atoms with van der Waals surface area (Å²) < 4.78 is 17.4. The van der Waals surface area contributed by atoms with Gasteiger partial charge in [-0.3, -0.25) is 0 Å². The molecule has 1 N–H and O–H groups in total. The molecule has 0 bridgehead atoms. The molecule has 0 aromatic heterocycles. The molecule has 0 saturated heterocycles. The van der Waals surface area contributed by atoms with Gasteiger partial charge in [0, 0.05) is 6.61 Å². The Morgan fingerprint density at radius 3 is 2.53 bits per heavy atom. The van der Waals surface area contributed by atoms with Crippen LogP contribution in [0.4, 0.5) is 0 Å². The Hall–Kier alpha value is -0.780. The number of rotatable bonds is 9. The van der Waals surface area contributed by atoms with Crippen LogP contribution in [0.1, 0.15) is 25.8 Å². The van der Waals surface area contributed by atoms with E-state index in [2.05, 4.69) is 22.9 Å². The number of benzene rings is 1. The van der Waals surface area contributed by atoms with Crippen LogP contribution in [0.3, 0.4) is 0 Å². The van der Waals surface area contributed by atoms with E-state index in [1.165, 1.54) is 0 Å². The predicted octanol–water partition coefficient (Wildman–Crippen LogP) is 3.15. The second kappa shape index (κ2) is 9.18. The Labute approximate surface area is 122 Å². The lowest BCUT2D eigenvalue weighted by Crippen LogP contribution is -2.09. The zero-order chi connectivity index (χ0) is 14.1. The molecule has 0 amide bonds. The van der Waals surface area contributed by atoms with Crippen molar-refractivity contribution in [3.63, 3.8) is 0 Å². The van der Waals surface area contributed by atoms with Gasteiger partial charge in [-0.05, 0) is 47.0 Å². The predicted molar refractivity (Wildman–Crippen MR) is 77.8 cm³/mol. The van der Waals surface area contributed by atoms with Crippen molar-refractivity contribution in [3.8, 4) is 11.5 Å². The summed E-state index contributed by atoms with van der Waals surface area (Å²) in [5, 5.41) is 9.18. The van der Waals surface area contributed by atoms with E-state index in [-0.39, 0.29) is 6.61 Å². The molecule has 0 aliphatic rings. The van der Waals surface area contributed by atoms with Gasteiger partial charge < -0.3 is 19.3 Å². The fourth-order valence-corrected chi connectivity index (χ4v) is 2.17. The number of hydrogen-bond donors (Lipinski definition) is 1. The molecule has 0 saturated carbocycles. The van der Waals surface area contributed by atoms with Crippen LogP contribution in [-0.4, -0.2) is 31.5 Å². The first-order valence-corrected chi connectivity index (χ1v) is 7.28. The van der Waals surface area contributed by atoms with Crippen molar-refractivity contribution in [2.24, 2.45) is 0 Å². The summed E-state index contributed by atoms with van der Waals surface area (Å²) in [5.74, 6) is 1.29. The number of aliphatic hydroxyl groups is 1. The number of ether oxygens (including phenoxy) is 3. The molecule has 1 aromatic rings. The van der Waals surface area contributed by atoms with Crippen molar-refractivity contribution >= 4 is 15.9 Å². The van der Waals surface area contributed by atoms with Crippen LogP contribution in [0.2, 0.25) is 0 Å². The standard InChI is InChI=1S/C14H21BrO4/c1-3-5-17-6-7-19-14-12(15)8-11(10-16)9-13(14)18-4-2/h8-9,16H,3-7,10H2,1-2H3. The third kappa shape index (κ3) is 5.38. The van der Waals surface area contributed by atoms with E-state index in [0.717, 1.165) is 23.1 Å². The van der Waals surface area contributed by atoms with Crippen molar-refractivity contribution in [1.29, 1.82) is 0 Å². The summed E-state index contributed by atoms with van der Waals surface area (Å²) in [6.07, 6.45) is 0.999. The molecule has 0 unspecified atom stereocenters. The molecule has 5 heteroatoms. The quantitative estimate of drug-likeness (QED) is 0.706. The summed E-state index contributed by atoms with van der Waals surface area (Å²) in [6, 6.07) is 3.61. The van der Waals surface area contributed by atoms with E-state index in [0.29, 0.717) is 31.3 Å². The maximum absolute atomic E-state index is 9.18. The van der Waals surface area contributed by atoms with Crippen LogP contribution >= 0.6 is 15.9 Å². The van der Waals surface area contributed by atoms with Crippen LogP contribution in [0, 0.1) is 0 Å². The Bertz CT molecular complexity index is 382. The van der Waals surface area contributed by atoms with Crippen LogP contribution in [-0.2, 0) is 11.3 Å². The van der Waals surface area contributed by atoms with Crippen molar-refractivity contribution in [2.45, 2.75) is 26.9 Å². The normalized spacial score (nSPS) is 10.5. The highest BCUT2D eigenvalue weighted by atomic mass is 79.9. The second-order valence-corrected chi connectivity index (χ2v) is 4.81. The Morgan fingerprint density at radius 2 is 1.89 bits per heavy atom. The molecule has 0 heterocycles. The van der Waals surface area contributed by atoms with Gasteiger partial charge in [-0.2, -0.15) is 0 Å². The molecule has 4 nitrogen and oxygen atoms in total. The maximum atomic E-state index is 9.18. The van der Waals surface area contributed by atoms with Gasteiger partial charge in [0.15, 0.2) is 11.5 Å². The SMILES string of the molecule is CCCOCCOc1c(Br)cc(CO)cc1OCC. The van der Waals surface area contributed by atoms with Crippen molar-refractivity contribution in [3.05, 3.63) is 22.2 Å². The van der Waals surface area contributed by atoms with Crippen LogP contribution in [0.15, 0.2) is 16.6 Å². The van der Waals surface area contributed by atoms with Gasteiger partial charge >= 0.3 is 0 Å². The monoisotopic (exact) mass is 332 g/mol. The van der Waals surface area contributed by atoms with E-state index in [9.17, 15) is 5.11 Å². The molecular weight excluding hydrogens is 312 g/mol. The molecule has 0 atom stereocenters. The largest absolute Gasteiger partial charge is 0.490 e. The summed E-state index contributed by atoms with van der Waals surface area (Å²) >= 11 is 3.43. The molecule has 0 aliphatic carbocycles. The Balaban J connectivity index is 2.68. The van der Waals surface area contributed by atoms with E-state index in [1.807, 2.05) is 13.0 Å². The van der Waals surface area contributed by atoms with Crippen LogP contribution in [0.5, 0.6) is 11.5 Å². The highest BCUT2D eigenvalue weighted by molar-refractivity contribution is 9.10. The number of aliphatic hydroxyl groups excluding tert-OH is 1. The zero-order valence-corrected chi connectivity index (χ0v) is 13.0. The summed E-state index contributed by atoms with van der Waals surface area (Å²) in [5.41, 5.74) is 0.782. The minimum Gasteiger partial charge on any atom is -0.490 e. The maximum Gasteiger partial charge on any atom is 0.175 e. The summed E-state index contributed by atoms with van der Waals surface area (Å²) in [4.78, 5) is 0. The van der Waals surface area contributed by atoms with E-state index in [4.69, 9.17) is 14.2 Å².